The molecule has 1 amide bonds. The number of rotatable bonds is 4. The van der Waals surface area contributed by atoms with Crippen LogP contribution in [0.3, 0.4) is 0 Å². The predicted molar refractivity (Wildman–Crippen MR) is 89.1 cm³/mol. The highest BCUT2D eigenvalue weighted by Crippen LogP contribution is 2.34. The summed E-state index contributed by atoms with van der Waals surface area (Å²) in [5.74, 6) is -1.25. The highest BCUT2D eigenvalue weighted by molar-refractivity contribution is 8.13. The Morgan fingerprint density at radius 2 is 2.00 bits per heavy atom. The maximum atomic E-state index is 12.8. The van der Waals surface area contributed by atoms with Crippen LogP contribution in [0.2, 0.25) is 0 Å². The second-order valence-electron chi connectivity index (χ2n) is 5.88. The van der Waals surface area contributed by atoms with Crippen molar-refractivity contribution in [2.24, 2.45) is 5.92 Å². The molecule has 5 nitrogen and oxygen atoms in total. The lowest BCUT2D eigenvalue weighted by atomic mass is 9.88. The fraction of sp³-hybridized carbons (Fsp3) is 0.471. The van der Waals surface area contributed by atoms with Gasteiger partial charge in [-0.1, -0.05) is 43.0 Å². The summed E-state index contributed by atoms with van der Waals surface area (Å²) in [6.07, 6.45) is 0.314. The van der Waals surface area contributed by atoms with Gasteiger partial charge in [-0.25, -0.2) is 4.79 Å². The number of fused-ring (bicyclic) bond motifs is 1. The molecule has 1 heterocycles. The fourth-order valence-electron chi connectivity index (χ4n) is 2.97. The van der Waals surface area contributed by atoms with Crippen LogP contribution in [-0.4, -0.2) is 38.8 Å². The van der Waals surface area contributed by atoms with E-state index >= 15 is 0 Å². The Bertz CT molecular complexity index is 631. The van der Waals surface area contributed by atoms with Crippen LogP contribution in [0.5, 0.6) is 0 Å². The number of carbonyl (C=O) groups is 3. The molecule has 6 heteroatoms. The average Bonchev–Trinajstić information content (AvgIpc) is 2.51. The van der Waals surface area contributed by atoms with Crippen LogP contribution < -0.4 is 0 Å². The number of thioether (sulfide) groups is 1. The standard InChI is InChI=1S/C17H21NO4S/c1-10(9-23-12(3)19)16(20)18-11(2)14-7-5-4-6-13(14)8-15(18)17(21)22/h4-7,10-11,15H,8-9H2,1-3H3,(H,21,22). The maximum Gasteiger partial charge on any atom is 0.326 e. The number of carbonyl (C=O) groups excluding carboxylic acids is 2. The quantitative estimate of drug-likeness (QED) is 0.915. The van der Waals surface area contributed by atoms with Crippen molar-refractivity contribution in [1.82, 2.24) is 4.90 Å². The third-order valence-electron chi connectivity index (χ3n) is 4.17. The zero-order chi connectivity index (χ0) is 17.1. The molecule has 0 radical (unpaired) electrons. The summed E-state index contributed by atoms with van der Waals surface area (Å²) in [7, 11) is 0. The van der Waals surface area contributed by atoms with Gasteiger partial charge in [0.15, 0.2) is 5.12 Å². The Hall–Kier alpha value is -1.82. The largest absolute Gasteiger partial charge is 0.480 e. The molecule has 0 bridgehead atoms. The van der Waals surface area contributed by atoms with E-state index in [-0.39, 0.29) is 17.1 Å². The average molecular weight is 335 g/mol. The molecular formula is C17H21NO4S. The third-order valence-corrected chi connectivity index (χ3v) is 5.24. The van der Waals surface area contributed by atoms with Gasteiger partial charge in [-0.15, -0.1) is 0 Å². The van der Waals surface area contributed by atoms with E-state index in [1.807, 2.05) is 31.2 Å². The van der Waals surface area contributed by atoms with Crippen LogP contribution in [0.15, 0.2) is 24.3 Å². The summed E-state index contributed by atoms with van der Waals surface area (Å²) in [6.45, 7) is 5.06. The van der Waals surface area contributed by atoms with E-state index in [0.29, 0.717) is 12.2 Å². The van der Waals surface area contributed by atoms with E-state index in [1.165, 1.54) is 11.8 Å². The first-order valence-corrected chi connectivity index (χ1v) is 8.57. The predicted octanol–water partition coefficient (Wildman–Crippen LogP) is 2.50. The van der Waals surface area contributed by atoms with Gasteiger partial charge >= 0.3 is 5.97 Å². The molecule has 0 saturated heterocycles. The third kappa shape index (κ3) is 3.75. The molecule has 3 unspecified atom stereocenters. The first kappa shape index (κ1) is 17.5. The van der Waals surface area contributed by atoms with Gasteiger partial charge in [0.2, 0.25) is 5.91 Å². The van der Waals surface area contributed by atoms with Crippen LogP contribution in [0, 0.1) is 5.92 Å². The second-order valence-corrected chi connectivity index (χ2v) is 7.08. The minimum absolute atomic E-state index is 0.0449. The number of carboxylic acid groups (broad SMARTS) is 1. The number of aliphatic carboxylic acids is 1. The number of amides is 1. The van der Waals surface area contributed by atoms with Crippen molar-refractivity contribution in [3.8, 4) is 0 Å². The maximum absolute atomic E-state index is 12.8. The fourth-order valence-corrected chi connectivity index (χ4v) is 3.60. The van der Waals surface area contributed by atoms with Crippen molar-refractivity contribution >= 4 is 28.8 Å². The van der Waals surface area contributed by atoms with E-state index in [0.717, 1.165) is 22.9 Å². The number of benzene rings is 1. The van der Waals surface area contributed by atoms with Crippen molar-refractivity contribution in [2.45, 2.75) is 39.3 Å². The minimum Gasteiger partial charge on any atom is -0.480 e. The number of hydrogen-bond donors (Lipinski definition) is 1. The number of nitrogens with zero attached hydrogens (tertiary/aromatic N) is 1. The Morgan fingerprint density at radius 3 is 2.61 bits per heavy atom. The first-order valence-electron chi connectivity index (χ1n) is 7.59. The first-order chi connectivity index (χ1) is 10.8. The molecule has 0 aromatic heterocycles. The molecule has 1 aromatic rings. The van der Waals surface area contributed by atoms with Crippen molar-refractivity contribution in [2.75, 3.05) is 5.75 Å². The lowest BCUT2D eigenvalue weighted by Gasteiger charge is -2.41. The zero-order valence-electron chi connectivity index (χ0n) is 13.5. The van der Waals surface area contributed by atoms with E-state index in [9.17, 15) is 19.5 Å². The Balaban J connectivity index is 2.28. The van der Waals surface area contributed by atoms with Gasteiger partial charge in [-0.2, -0.15) is 0 Å². The smallest absolute Gasteiger partial charge is 0.326 e. The molecule has 1 N–H and O–H groups in total. The van der Waals surface area contributed by atoms with Gasteiger partial charge in [-0.3, -0.25) is 9.59 Å². The molecule has 1 aliphatic heterocycles. The van der Waals surface area contributed by atoms with E-state index in [4.69, 9.17) is 0 Å². The molecule has 1 aromatic carbocycles. The highest BCUT2D eigenvalue weighted by atomic mass is 32.2. The second kappa shape index (κ2) is 7.17. The molecule has 3 atom stereocenters. The Morgan fingerprint density at radius 1 is 1.35 bits per heavy atom. The molecule has 0 spiro atoms. The topological polar surface area (TPSA) is 74.7 Å². The van der Waals surface area contributed by atoms with Crippen LogP contribution in [-0.2, 0) is 20.8 Å². The molecule has 2 rings (SSSR count). The summed E-state index contributed by atoms with van der Waals surface area (Å²) >= 11 is 1.09. The molecule has 0 aliphatic carbocycles. The van der Waals surface area contributed by atoms with Gasteiger partial charge in [-0.05, 0) is 18.1 Å². The Kier molecular flexibility index (Phi) is 5.46. The minimum atomic E-state index is -0.994. The summed E-state index contributed by atoms with van der Waals surface area (Å²) in [5, 5.41) is 9.50. The monoisotopic (exact) mass is 335 g/mol. The lowest BCUT2D eigenvalue weighted by molar-refractivity contribution is -0.154. The van der Waals surface area contributed by atoms with Crippen molar-refractivity contribution < 1.29 is 19.5 Å². The number of carboxylic acids is 1. The summed E-state index contributed by atoms with van der Waals surface area (Å²) in [5.41, 5.74) is 1.96. The summed E-state index contributed by atoms with van der Waals surface area (Å²) in [4.78, 5) is 37.0. The van der Waals surface area contributed by atoms with Crippen LogP contribution in [0.4, 0.5) is 0 Å². The van der Waals surface area contributed by atoms with Gasteiger partial charge in [0.1, 0.15) is 6.04 Å². The lowest BCUT2D eigenvalue weighted by Crippen LogP contribution is -2.52. The normalized spacial score (nSPS) is 21.4. The molecule has 124 valence electrons. The highest BCUT2D eigenvalue weighted by Gasteiger charge is 2.40. The van der Waals surface area contributed by atoms with Gasteiger partial charge in [0, 0.05) is 25.0 Å². The molecule has 0 fully saturated rings. The van der Waals surface area contributed by atoms with E-state index in [1.54, 1.807) is 6.92 Å². The summed E-state index contributed by atoms with van der Waals surface area (Å²) in [6, 6.07) is 6.48. The van der Waals surface area contributed by atoms with E-state index in [2.05, 4.69) is 0 Å². The molecule has 1 aliphatic rings. The van der Waals surface area contributed by atoms with Crippen molar-refractivity contribution in [3.05, 3.63) is 35.4 Å². The SMILES string of the molecule is CC(=O)SCC(C)C(=O)N1C(C(=O)O)Cc2ccccc2C1C. The van der Waals surface area contributed by atoms with E-state index < -0.39 is 17.9 Å². The van der Waals surface area contributed by atoms with Crippen LogP contribution in [0.25, 0.3) is 0 Å². The summed E-state index contributed by atoms with van der Waals surface area (Å²) < 4.78 is 0. The van der Waals surface area contributed by atoms with Crippen LogP contribution in [0.1, 0.15) is 37.9 Å². The van der Waals surface area contributed by atoms with Gasteiger partial charge < -0.3 is 10.0 Å². The molecular weight excluding hydrogens is 314 g/mol. The van der Waals surface area contributed by atoms with Crippen molar-refractivity contribution in [3.63, 3.8) is 0 Å². The van der Waals surface area contributed by atoms with Gasteiger partial charge in [0.05, 0.1) is 6.04 Å². The molecule has 23 heavy (non-hydrogen) atoms. The molecule has 0 saturated carbocycles. The van der Waals surface area contributed by atoms with Crippen LogP contribution >= 0.6 is 11.8 Å². The Labute approximate surface area is 140 Å². The number of hydrogen-bond acceptors (Lipinski definition) is 4. The van der Waals surface area contributed by atoms with Gasteiger partial charge in [0.25, 0.3) is 0 Å². The zero-order valence-corrected chi connectivity index (χ0v) is 14.3. The van der Waals surface area contributed by atoms with Crippen molar-refractivity contribution in [1.29, 1.82) is 0 Å².